The second kappa shape index (κ2) is 12.3. The summed E-state index contributed by atoms with van der Waals surface area (Å²) >= 11 is 16.5. The Labute approximate surface area is 204 Å². The Hall–Kier alpha value is -1.42. The van der Waals surface area contributed by atoms with Crippen molar-refractivity contribution in [1.82, 2.24) is 4.72 Å². The molecule has 0 amide bonds. The molecule has 1 N–H and O–H groups in total. The second-order valence-electron chi connectivity index (χ2n) is 6.58. The van der Waals surface area contributed by atoms with Crippen molar-refractivity contribution in [2.24, 2.45) is 0 Å². The summed E-state index contributed by atoms with van der Waals surface area (Å²) in [6.07, 6.45) is -6.20. The van der Waals surface area contributed by atoms with Crippen LogP contribution in [0.2, 0.25) is 0 Å². The molecule has 0 unspecified atom stereocenters. The van der Waals surface area contributed by atoms with Gasteiger partial charge in [0.1, 0.15) is 25.4 Å². The molecule has 1 fully saturated rings. The number of hydrogen-bond acceptors (Lipinski definition) is 12. The highest BCUT2D eigenvalue weighted by Gasteiger charge is 2.53. The lowest BCUT2D eigenvalue weighted by molar-refractivity contribution is -0.269. The monoisotopic (exact) mass is 557 g/mol. The molecule has 5 atom stereocenters. The van der Waals surface area contributed by atoms with Crippen LogP contribution in [0, 0.1) is 0 Å². The summed E-state index contributed by atoms with van der Waals surface area (Å²) in [6.45, 7) is 2.68. The number of halogens is 3. The molecular weight excluding hydrogens is 537 g/mol. The van der Waals surface area contributed by atoms with E-state index in [1.165, 1.54) is 0 Å². The van der Waals surface area contributed by atoms with Gasteiger partial charge in [0.05, 0.1) is 0 Å². The van der Waals surface area contributed by atoms with Crippen molar-refractivity contribution in [3.05, 3.63) is 0 Å². The molecular formula is C16H22Cl3NO12S. The number of alkyl halides is 3. The zero-order valence-electron chi connectivity index (χ0n) is 17.7. The molecule has 0 aromatic carbocycles. The minimum atomic E-state index is -4.74. The quantitative estimate of drug-likeness (QED) is 0.233. The van der Waals surface area contributed by atoms with Crippen LogP contribution in [0.1, 0.15) is 27.7 Å². The van der Waals surface area contributed by atoms with Gasteiger partial charge in [-0.15, -0.1) is 0 Å². The molecule has 0 aliphatic carbocycles. The topological polar surface area (TPSA) is 170 Å². The van der Waals surface area contributed by atoms with Gasteiger partial charge in [-0.2, -0.15) is 13.1 Å². The highest BCUT2D eigenvalue weighted by Crippen LogP contribution is 2.30. The first-order chi connectivity index (χ1) is 15.0. The molecule has 1 aliphatic heterocycles. The number of carbonyl (C=O) groups excluding carboxylic acids is 4. The van der Waals surface area contributed by atoms with E-state index in [0.29, 0.717) is 0 Å². The van der Waals surface area contributed by atoms with Gasteiger partial charge >= 0.3 is 34.2 Å². The van der Waals surface area contributed by atoms with Crippen molar-refractivity contribution in [3.8, 4) is 0 Å². The first-order valence-electron chi connectivity index (χ1n) is 9.04. The molecule has 1 heterocycles. The number of hydrogen-bond donors (Lipinski definition) is 1. The number of esters is 4. The lowest BCUT2D eigenvalue weighted by Gasteiger charge is -2.44. The summed E-state index contributed by atoms with van der Waals surface area (Å²) < 4.78 is 55.0. The van der Waals surface area contributed by atoms with Crippen molar-refractivity contribution in [3.63, 3.8) is 0 Å². The van der Waals surface area contributed by atoms with Gasteiger partial charge in [-0.3, -0.25) is 23.4 Å². The molecule has 0 spiro atoms. The van der Waals surface area contributed by atoms with Crippen LogP contribution in [0.15, 0.2) is 0 Å². The highest BCUT2D eigenvalue weighted by atomic mass is 35.6. The molecule has 1 aliphatic rings. The van der Waals surface area contributed by atoms with Crippen molar-refractivity contribution in [2.75, 3.05) is 13.2 Å². The molecule has 1 rings (SSSR count). The standard InChI is InChI=1S/C16H22Cl3NO12S/c1-7(21)27-5-11-13(29-8(2)22)14(30-9(3)23)12(15(32-11)31-10(4)24)20-33(25,26)28-6-16(17,18)19/h11-15,20H,5-6H2,1-4H3/t11-,12-,13-,14-,15-/m1/s1. The predicted molar refractivity (Wildman–Crippen MR) is 110 cm³/mol. The Balaban J connectivity index is 3.40. The molecule has 0 aromatic rings. The third kappa shape index (κ3) is 11.0. The van der Waals surface area contributed by atoms with E-state index in [-0.39, 0.29) is 0 Å². The van der Waals surface area contributed by atoms with E-state index in [1.807, 2.05) is 4.72 Å². The van der Waals surface area contributed by atoms with Crippen molar-refractivity contribution in [2.45, 2.75) is 62.1 Å². The minimum Gasteiger partial charge on any atom is -0.463 e. The zero-order valence-corrected chi connectivity index (χ0v) is 20.8. The second-order valence-corrected chi connectivity index (χ2v) is 10.5. The summed E-state index contributed by atoms with van der Waals surface area (Å²) in [6, 6.07) is -1.70. The molecule has 0 aromatic heterocycles. The van der Waals surface area contributed by atoms with Crippen LogP contribution in [-0.2, 0) is 57.3 Å². The number of nitrogens with one attached hydrogen (secondary N) is 1. The summed E-state index contributed by atoms with van der Waals surface area (Å²) in [5.41, 5.74) is 0. The predicted octanol–water partition coefficient (Wildman–Crippen LogP) is 0.291. The Kier molecular flexibility index (Phi) is 11.1. The van der Waals surface area contributed by atoms with Crippen molar-refractivity contribution in [1.29, 1.82) is 0 Å². The van der Waals surface area contributed by atoms with E-state index in [9.17, 15) is 27.6 Å². The Morgan fingerprint density at radius 1 is 0.879 bits per heavy atom. The molecule has 13 nitrogen and oxygen atoms in total. The molecule has 0 radical (unpaired) electrons. The average Bonchev–Trinajstić information content (AvgIpc) is 2.61. The van der Waals surface area contributed by atoms with Gasteiger partial charge in [0, 0.05) is 27.7 Å². The van der Waals surface area contributed by atoms with Crippen molar-refractivity contribution >= 4 is 69.0 Å². The Bertz CT molecular complexity index is 846. The smallest absolute Gasteiger partial charge is 0.336 e. The van der Waals surface area contributed by atoms with Crippen LogP contribution in [0.5, 0.6) is 0 Å². The maximum absolute atomic E-state index is 12.4. The highest BCUT2D eigenvalue weighted by molar-refractivity contribution is 7.84. The van der Waals surface area contributed by atoms with E-state index < -0.39 is 81.8 Å². The number of rotatable bonds is 9. The van der Waals surface area contributed by atoms with Gasteiger partial charge < -0.3 is 23.7 Å². The largest absolute Gasteiger partial charge is 0.463 e. The van der Waals surface area contributed by atoms with E-state index in [0.717, 1.165) is 27.7 Å². The first kappa shape index (κ1) is 29.6. The first-order valence-corrected chi connectivity index (χ1v) is 11.6. The Morgan fingerprint density at radius 3 is 1.85 bits per heavy atom. The number of carbonyl (C=O) groups is 4. The average molecular weight is 559 g/mol. The van der Waals surface area contributed by atoms with Gasteiger partial charge in [-0.1, -0.05) is 34.8 Å². The van der Waals surface area contributed by atoms with E-state index >= 15 is 0 Å². The summed E-state index contributed by atoms with van der Waals surface area (Å²) in [5, 5.41) is 0. The lowest BCUT2D eigenvalue weighted by atomic mass is 9.97. The fourth-order valence-electron chi connectivity index (χ4n) is 2.64. The van der Waals surface area contributed by atoms with Gasteiger partial charge in [0.15, 0.2) is 12.2 Å². The Morgan fingerprint density at radius 2 is 1.39 bits per heavy atom. The van der Waals surface area contributed by atoms with Gasteiger partial charge in [0.25, 0.3) is 0 Å². The van der Waals surface area contributed by atoms with Gasteiger partial charge in [-0.05, 0) is 0 Å². The van der Waals surface area contributed by atoms with E-state index in [1.54, 1.807) is 0 Å². The van der Waals surface area contributed by atoms with Gasteiger partial charge in [-0.25, -0.2) is 0 Å². The lowest BCUT2D eigenvalue weighted by Crippen LogP contribution is -2.67. The molecule has 1 saturated heterocycles. The molecule has 0 bridgehead atoms. The summed E-state index contributed by atoms with van der Waals surface area (Å²) in [5.74, 6) is -3.42. The molecule has 33 heavy (non-hydrogen) atoms. The maximum Gasteiger partial charge on any atom is 0.336 e. The van der Waals surface area contributed by atoms with Crippen molar-refractivity contribution < 1.29 is 55.5 Å². The van der Waals surface area contributed by atoms with Crippen LogP contribution in [0.3, 0.4) is 0 Å². The molecule has 0 saturated carbocycles. The van der Waals surface area contributed by atoms with Crippen LogP contribution < -0.4 is 4.72 Å². The van der Waals surface area contributed by atoms with Crippen LogP contribution >= 0.6 is 34.8 Å². The normalized spacial score (nSPS) is 25.6. The number of ether oxygens (including phenoxy) is 5. The third-order valence-corrected chi connectivity index (χ3v) is 4.96. The van der Waals surface area contributed by atoms with E-state index in [4.69, 9.17) is 58.5 Å². The van der Waals surface area contributed by atoms with Crippen LogP contribution in [0.25, 0.3) is 0 Å². The third-order valence-electron chi connectivity index (χ3n) is 3.64. The maximum atomic E-state index is 12.4. The van der Waals surface area contributed by atoms with Crippen LogP contribution in [-0.4, -0.2) is 79.9 Å². The minimum absolute atomic E-state index is 0.522. The molecule has 190 valence electrons. The summed E-state index contributed by atoms with van der Waals surface area (Å²) in [7, 11) is -4.74. The fraction of sp³-hybridized carbons (Fsp3) is 0.750. The summed E-state index contributed by atoms with van der Waals surface area (Å²) in [4.78, 5) is 46.3. The zero-order chi connectivity index (χ0) is 25.6. The fourth-order valence-corrected chi connectivity index (χ4v) is 3.97. The van der Waals surface area contributed by atoms with Crippen LogP contribution in [0.4, 0.5) is 0 Å². The molecule has 17 heteroatoms. The van der Waals surface area contributed by atoms with E-state index in [2.05, 4.69) is 4.18 Å². The SMILES string of the molecule is CC(=O)OC[C@H]1O[C@@H](OC(C)=O)[C@H](NS(=O)(=O)OCC(Cl)(Cl)Cl)[C@@H](OC(C)=O)[C@@H]1OC(C)=O. The van der Waals surface area contributed by atoms with Gasteiger partial charge in [0.2, 0.25) is 10.1 Å².